The number of carboxylic acids is 1. The first-order valence-electron chi connectivity index (χ1n) is 11.8. The molecule has 5 rings (SSSR count). The minimum absolute atomic E-state index is 0.192. The van der Waals surface area contributed by atoms with Gasteiger partial charge in [-0.15, -0.1) is 0 Å². The van der Waals surface area contributed by atoms with Crippen LogP contribution in [0.3, 0.4) is 0 Å². The Kier molecular flexibility index (Phi) is 5.26. The monoisotopic (exact) mass is 446 g/mol. The van der Waals surface area contributed by atoms with E-state index in [0.717, 1.165) is 61.1 Å². The molecule has 33 heavy (non-hydrogen) atoms. The molecule has 2 saturated carbocycles. The molecule has 0 unspecified atom stereocenters. The van der Waals surface area contributed by atoms with Crippen LogP contribution in [0.1, 0.15) is 57.9 Å². The molecule has 0 aromatic heterocycles. The van der Waals surface area contributed by atoms with E-state index in [1.165, 1.54) is 13.8 Å². The Bertz CT molecular complexity index is 1110. The zero-order chi connectivity index (χ0) is 23.2. The summed E-state index contributed by atoms with van der Waals surface area (Å²) in [6.45, 7) is 3.63. The number of ether oxygens (including phenoxy) is 1. The highest BCUT2D eigenvalue weighted by molar-refractivity contribution is 6.09. The smallest absolute Gasteiger partial charge is 0.347 e. The third-order valence-corrected chi connectivity index (χ3v) is 6.97. The molecule has 2 aromatic carbocycles. The van der Waals surface area contributed by atoms with Crippen LogP contribution in [0, 0.1) is 5.92 Å². The van der Waals surface area contributed by atoms with Crippen LogP contribution >= 0.6 is 0 Å². The van der Waals surface area contributed by atoms with Crippen molar-refractivity contribution in [1.29, 1.82) is 0 Å². The number of nitrogens with zero attached hydrogens (tertiary/aromatic N) is 2. The fourth-order valence-corrected chi connectivity index (χ4v) is 4.84. The van der Waals surface area contributed by atoms with Gasteiger partial charge in [0.25, 0.3) is 5.91 Å². The van der Waals surface area contributed by atoms with Crippen LogP contribution in [0.25, 0.3) is 11.1 Å². The molecular formula is C27H30N2O4. The normalized spacial score (nSPS) is 19.8. The van der Waals surface area contributed by atoms with E-state index in [1.807, 2.05) is 35.2 Å². The van der Waals surface area contributed by atoms with Gasteiger partial charge in [0.2, 0.25) is 0 Å². The van der Waals surface area contributed by atoms with Crippen molar-refractivity contribution in [2.24, 2.45) is 10.9 Å². The van der Waals surface area contributed by atoms with E-state index in [9.17, 15) is 14.7 Å². The van der Waals surface area contributed by atoms with Gasteiger partial charge < -0.3 is 9.84 Å². The quantitative estimate of drug-likeness (QED) is 0.645. The Morgan fingerprint density at radius 2 is 1.82 bits per heavy atom. The van der Waals surface area contributed by atoms with E-state index in [4.69, 9.17) is 9.73 Å². The van der Waals surface area contributed by atoms with E-state index in [-0.39, 0.29) is 5.91 Å². The number of rotatable bonds is 7. The SMILES string of the molecule is CC(C)(Oc1cccc(-c2ccc(CN3C(=O)C4(CCCC4)N=C3C3CC3)cc2)c1)C(=O)O. The van der Waals surface area contributed by atoms with Crippen molar-refractivity contribution < 1.29 is 19.4 Å². The standard InChI is InChI=1S/C27H30N2O4/c1-26(2,25(31)32)33-22-7-5-6-21(16-22)19-10-8-18(9-11-19)17-29-23(20-12-13-20)28-27(24(29)30)14-3-4-15-27/h5-11,16,20H,3-4,12-15,17H2,1-2H3,(H,31,32). The summed E-state index contributed by atoms with van der Waals surface area (Å²) < 4.78 is 5.68. The summed E-state index contributed by atoms with van der Waals surface area (Å²) in [5.41, 5.74) is 1.25. The number of amidine groups is 1. The molecule has 1 heterocycles. The van der Waals surface area contributed by atoms with Crippen molar-refractivity contribution in [2.75, 3.05) is 0 Å². The molecule has 1 N–H and O–H groups in total. The first kappa shape index (κ1) is 21.7. The second-order valence-corrected chi connectivity index (χ2v) is 10.0. The van der Waals surface area contributed by atoms with E-state index < -0.39 is 17.1 Å². The topological polar surface area (TPSA) is 79.2 Å². The van der Waals surface area contributed by atoms with Gasteiger partial charge in [0.1, 0.15) is 17.1 Å². The highest BCUT2D eigenvalue weighted by atomic mass is 16.5. The van der Waals surface area contributed by atoms with Crippen LogP contribution in [-0.4, -0.2) is 38.9 Å². The van der Waals surface area contributed by atoms with Gasteiger partial charge in [-0.05, 0) is 68.4 Å². The summed E-state index contributed by atoms with van der Waals surface area (Å²) in [6.07, 6.45) is 6.21. The van der Waals surface area contributed by atoms with E-state index in [0.29, 0.717) is 18.2 Å². The third kappa shape index (κ3) is 4.14. The average molecular weight is 447 g/mol. The molecule has 6 nitrogen and oxygen atoms in total. The molecule has 1 spiro atoms. The maximum Gasteiger partial charge on any atom is 0.347 e. The van der Waals surface area contributed by atoms with Crippen LogP contribution in [-0.2, 0) is 16.1 Å². The second kappa shape index (κ2) is 8.01. The van der Waals surface area contributed by atoms with Crippen molar-refractivity contribution in [3.8, 4) is 16.9 Å². The Hall–Kier alpha value is -3.15. The van der Waals surface area contributed by atoms with Gasteiger partial charge in [-0.1, -0.05) is 49.2 Å². The number of hydrogen-bond donors (Lipinski definition) is 1. The first-order chi connectivity index (χ1) is 15.8. The summed E-state index contributed by atoms with van der Waals surface area (Å²) >= 11 is 0. The van der Waals surface area contributed by atoms with Gasteiger partial charge in [0.15, 0.2) is 5.60 Å². The van der Waals surface area contributed by atoms with Gasteiger partial charge in [0, 0.05) is 5.92 Å². The maximum atomic E-state index is 13.3. The summed E-state index contributed by atoms with van der Waals surface area (Å²) in [5, 5.41) is 9.32. The predicted octanol–water partition coefficient (Wildman–Crippen LogP) is 5.06. The van der Waals surface area contributed by atoms with Crippen molar-refractivity contribution in [1.82, 2.24) is 4.90 Å². The molecule has 6 heteroatoms. The first-order valence-corrected chi connectivity index (χ1v) is 11.8. The number of carboxylic acid groups (broad SMARTS) is 1. The number of benzene rings is 2. The highest BCUT2D eigenvalue weighted by Gasteiger charge is 2.52. The van der Waals surface area contributed by atoms with Gasteiger partial charge in [0.05, 0.1) is 6.54 Å². The molecule has 1 amide bonds. The van der Waals surface area contributed by atoms with Crippen molar-refractivity contribution in [2.45, 2.75) is 70.1 Å². The lowest BCUT2D eigenvalue weighted by Crippen LogP contribution is -2.41. The largest absolute Gasteiger partial charge is 0.478 e. The Labute approximate surface area is 194 Å². The van der Waals surface area contributed by atoms with Crippen LogP contribution in [0.5, 0.6) is 5.75 Å². The van der Waals surface area contributed by atoms with Crippen molar-refractivity contribution in [3.63, 3.8) is 0 Å². The minimum Gasteiger partial charge on any atom is -0.478 e. The minimum atomic E-state index is -1.30. The molecule has 0 saturated heterocycles. The molecule has 0 atom stereocenters. The van der Waals surface area contributed by atoms with Gasteiger partial charge in [-0.2, -0.15) is 0 Å². The van der Waals surface area contributed by atoms with E-state index >= 15 is 0 Å². The molecule has 172 valence electrons. The lowest BCUT2D eigenvalue weighted by molar-refractivity contribution is -0.152. The lowest BCUT2D eigenvalue weighted by Gasteiger charge is -2.23. The third-order valence-electron chi connectivity index (χ3n) is 6.97. The van der Waals surface area contributed by atoms with Gasteiger partial charge >= 0.3 is 5.97 Å². The molecule has 2 fully saturated rings. The van der Waals surface area contributed by atoms with E-state index in [1.54, 1.807) is 6.07 Å². The average Bonchev–Trinajstić information content (AvgIpc) is 3.47. The number of carbonyl (C=O) groups excluding carboxylic acids is 1. The zero-order valence-corrected chi connectivity index (χ0v) is 19.2. The Balaban J connectivity index is 1.32. The summed E-state index contributed by atoms with van der Waals surface area (Å²) in [6, 6.07) is 15.6. The zero-order valence-electron chi connectivity index (χ0n) is 19.2. The van der Waals surface area contributed by atoms with Crippen LogP contribution < -0.4 is 4.74 Å². The van der Waals surface area contributed by atoms with Crippen molar-refractivity contribution in [3.05, 3.63) is 54.1 Å². The fourth-order valence-electron chi connectivity index (χ4n) is 4.84. The molecular weight excluding hydrogens is 416 g/mol. The molecule has 2 aromatic rings. The molecule has 0 radical (unpaired) electrons. The van der Waals surface area contributed by atoms with Crippen LogP contribution in [0.15, 0.2) is 53.5 Å². The number of amides is 1. The highest BCUT2D eigenvalue weighted by Crippen LogP contribution is 2.44. The predicted molar refractivity (Wildman–Crippen MR) is 126 cm³/mol. The molecule has 1 aliphatic heterocycles. The number of aliphatic imine (C=N–C) groups is 1. The summed E-state index contributed by atoms with van der Waals surface area (Å²) in [5.74, 6) is 1.15. The Morgan fingerprint density at radius 1 is 1.12 bits per heavy atom. The van der Waals surface area contributed by atoms with Crippen molar-refractivity contribution >= 4 is 17.7 Å². The van der Waals surface area contributed by atoms with Crippen LogP contribution in [0.4, 0.5) is 0 Å². The maximum absolute atomic E-state index is 13.3. The molecule has 0 bridgehead atoms. The Morgan fingerprint density at radius 3 is 2.45 bits per heavy atom. The van der Waals surface area contributed by atoms with Gasteiger partial charge in [-0.3, -0.25) is 14.7 Å². The number of hydrogen-bond acceptors (Lipinski definition) is 4. The second-order valence-electron chi connectivity index (χ2n) is 10.0. The number of carbonyl (C=O) groups is 2. The summed E-state index contributed by atoms with van der Waals surface area (Å²) in [4.78, 5) is 31.6. The summed E-state index contributed by atoms with van der Waals surface area (Å²) in [7, 11) is 0. The molecule has 3 aliphatic rings. The number of aliphatic carboxylic acids is 1. The fraction of sp³-hybridized carbons (Fsp3) is 0.444. The van der Waals surface area contributed by atoms with Crippen LogP contribution in [0.2, 0.25) is 0 Å². The molecule has 2 aliphatic carbocycles. The van der Waals surface area contributed by atoms with E-state index in [2.05, 4.69) is 12.1 Å². The van der Waals surface area contributed by atoms with Gasteiger partial charge in [-0.25, -0.2) is 4.79 Å². The lowest BCUT2D eigenvalue weighted by atomic mass is 9.98.